The molecule has 29 heavy (non-hydrogen) atoms. The lowest BCUT2D eigenvalue weighted by Crippen LogP contribution is -2.06. The summed E-state index contributed by atoms with van der Waals surface area (Å²) in [5, 5.41) is 2.26. The average molecular weight is 516 g/mol. The van der Waals surface area contributed by atoms with Crippen molar-refractivity contribution in [1.29, 1.82) is 0 Å². The molecule has 4 aromatic rings. The van der Waals surface area contributed by atoms with Gasteiger partial charge in [-0.2, -0.15) is 0 Å². The zero-order chi connectivity index (χ0) is 21.0. The van der Waals surface area contributed by atoms with Gasteiger partial charge in [0.05, 0.1) is 0 Å². The Kier molecular flexibility index (Phi) is 5.02. The molecule has 0 aliphatic heterocycles. The van der Waals surface area contributed by atoms with E-state index in [1.165, 1.54) is 10.9 Å². The molecule has 0 unspecified atom stereocenters. The third kappa shape index (κ3) is 3.49. The number of carbonyl (C=O) groups excluding carboxylic acids is 1. The standard InChI is InChI=1S/C16H18BrNO.C8H6BrN/c1-15(2)14(16(15,3)4)13(19)11-8-18-12-6-5-9(17)7-10(11)12;9-7-1-2-8-6(5-7)3-4-10-8/h5-8,14,18H,1-4H3;1-5,10H. The quantitative estimate of drug-likeness (QED) is 0.263. The number of carbonyl (C=O) groups is 1. The fourth-order valence-corrected chi connectivity index (χ4v) is 5.07. The largest absolute Gasteiger partial charge is 0.361 e. The lowest BCUT2D eigenvalue weighted by molar-refractivity contribution is 0.0947. The Balaban J connectivity index is 0.000000171. The fourth-order valence-electron chi connectivity index (χ4n) is 4.33. The number of aromatic nitrogens is 2. The van der Waals surface area contributed by atoms with E-state index in [0.717, 1.165) is 25.4 Å². The Morgan fingerprint density at radius 3 is 2.14 bits per heavy atom. The maximum absolute atomic E-state index is 12.8. The number of Topliss-reactive ketones (excluding diaryl/α,β-unsaturated/α-hetero) is 1. The molecule has 5 heteroatoms. The molecule has 2 heterocycles. The number of benzene rings is 2. The number of aromatic amines is 2. The highest BCUT2D eigenvalue weighted by molar-refractivity contribution is 9.10. The lowest BCUT2D eigenvalue weighted by Gasteiger charge is -2.03. The molecule has 0 radical (unpaired) electrons. The number of ketones is 1. The van der Waals surface area contributed by atoms with E-state index < -0.39 is 0 Å². The molecule has 1 saturated carbocycles. The second-order valence-electron chi connectivity index (χ2n) is 8.84. The van der Waals surface area contributed by atoms with Crippen molar-refractivity contribution < 1.29 is 4.79 Å². The van der Waals surface area contributed by atoms with Crippen LogP contribution in [0, 0.1) is 16.7 Å². The Morgan fingerprint density at radius 1 is 0.862 bits per heavy atom. The van der Waals surface area contributed by atoms with Crippen molar-refractivity contribution >= 4 is 59.4 Å². The smallest absolute Gasteiger partial charge is 0.169 e. The van der Waals surface area contributed by atoms with Crippen molar-refractivity contribution in [3.8, 4) is 0 Å². The second-order valence-corrected chi connectivity index (χ2v) is 10.7. The number of rotatable bonds is 2. The van der Waals surface area contributed by atoms with Crippen LogP contribution in [0.2, 0.25) is 0 Å². The summed E-state index contributed by atoms with van der Waals surface area (Å²) < 4.78 is 2.13. The minimum absolute atomic E-state index is 0.0830. The molecule has 1 aliphatic carbocycles. The third-order valence-electron chi connectivity index (χ3n) is 6.71. The van der Waals surface area contributed by atoms with Crippen LogP contribution in [-0.2, 0) is 0 Å². The van der Waals surface area contributed by atoms with Gasteiger partial charge in [-0.1, -0.05) is 59.6 Å². The summed E-state index contributed by atoms with van der Waals surface area (Å²) in [6.45, 7) is 8.72. The van der Waals surface area contributed by atoms with Crippen molar-refractivity contribution in [2.24, 2.45) is 16.7 Å². The molecule has 1 fully saturated rings. The minimum Gasteiger partial charge on any atom is -0.361 e. The molecule has 0 spiro atoms. The summed E-state index contributed by atoms with van der Waals surface area (Å²) in [6.07, 6.45) is 3.79. The predicted molar refractivity (Wildman–Crippen MR) is 127 cm³/mol. The Bertz CT molecular complexity index is 1200. The minimum atomic E-state index is 0.0830. The molecule has 0 bridgehead atoms. The Morgan fingerprint density at radius 2 is 1.48 bits per heavy atom. The predicted octanol–water partition coefficient (Wildman–Crippen LogP) is 7.73. The summed E-state index contributed by atoms with van der Waals surface area (Å²) in [4.78, 5) is 19.1. The van der Waals surface area contributed by atoms with Crippen molar-refractivity contribution in [2.45, 2.75) is 27.7 Å². The molecular weight excluding hydrogens is 492 g/mol. The molecule has 0 atom stereocenters. The van der Waals surface area contributed by atoms with Crippen LogP contribution >= 0.6 is 31.9 Å². The number of H-pyrrole nitrogens is 2. The van der Waals surface area contributed by atoms with Gasteiger partial charge in [0.2, 0.25) is 0 Å². The zero-order valence-corrected chi connectivity index (χ0v) is 20.1. The molecule has 2 aromatic heterocycles. The van der Waals surface area contributed by atoms with Crippen molar-refractivity contribution in [1.82, 2.24) is 9.97 Å². The molecule has 3 nitrogen and oxygen atoms in total. The SMILES string of the molecule is Brc1ccc2[nH]ccc2c1.CC1(C)C(C(=O)c2c[nH]c3ccc(Br)cc23)C1(C)C. The highest BCUT2D eigenvalue weighted by Crippen LogP contribution is 2.69. The molecule has 2 N–H and O–H groups in total. The molecule has 150 valence electrons. The Hall–Kier alpha value is -1.85. The topological polar surface area (TPSA) is 48.6 Å². The summed E-state index contributed by atoms with van der Waals surface area (Å²) in [6, 6.07) is 14.2. The van der Waals surface area contributed by atoms with Gasteiger partial charge in [0.15, 0.2) is 5.78 Å². The maximum atomic E-state index is 12.8. The van der Waals surface area contributed by atoms with Crippen molar-refractivity contribution in [2.75, 3.05) is 0 Å². The van der Waals surface area contributed by atoms with Crippen LogP contribution in [0.25, 0.3) is 21.8 Å². The van der Waals surface area contributed by atoms with Gasteiger partial charge in [0, 0.05) is 54.6 Å². The first-order valence-electron chi connectivity index (χ1n) is 9.66. The van der Waals surface area contributed by atoms with E-state index in [2.05, 4.69) is 87.7 Å². The zero-order valence-electron chi connectivity index (χ0n) is 16.9. The van der Waals surface area contributed by atoms with Gasteiger partial charge in [-0.25, -0.2) is 0 Å². The van der Waals surface area contributed by atoms with Gasteiger partial charge in [0.1, 0.15) is 0 Å². The van der Waals surface area contributed by atoms with Gasteiger partial charge in [-0.3, -0.25) is 4.79 Å². The molecule has 5 rings (SSSR count). The van der Waals surface area contributed by atoms with Crippen LogP contribution in [0.4, 0.5) is 0 Å². The molecule has 1 aliphatic rings. The van der Waals surface area contributed by atoms with E-state index >= 15 is 0 Å². The van der Waals surface area contributed by atoms with Gasteiger partial charge in [-0.15, -0.1) is 0 Å². The number of hydrogen-bond donors (Lipinski definition) is 2. The molecule has 0 saturated heterocycles. The Labute approximate surface area is 187 Å². The monoisotopic (exact) mass is 514 g/mol. The highest BCUT2D eigenvalue weighted by Gasteiger charge is 2.68. The number of halogens is 2. The van der Waals surface area contributed by atoms with E-state index in [1.54, 1.807) is 0 Å². The van der Waals surface area contributed by atoms with Crippen LogP contribution in [-0.4, -0.2) is 15.8 Å². The molecule has 0 amide bonds. The van der Waals surface area contributed by atoms with Gasteiger partial charge in [0.25, 0.3) is 0 Å². The van der Waals surface area contributed by atoms with Crippen molar-refractivity contribution in [3.63, 3.8) is 0 Å². The first-order chi connectivity index (χ1) is 13.6. The normalized spacial score (nSPS) is 17.2. The van der Waals surface area contributed by atoms with Crippen LogP contribution in [0.5, 0.6) is 0 Å². The van der Waals surface area contributed by atoms with E-state index in [1.807, 2.05) is 36.7 Å². The third-order valence-corrected chi connectivity index (χ3v) is 7.69. The summed E-state index contributed by atoms with van der Waals surface area (Å²) in [7, 11) is 0. The summed E-state index contributed by atoms with van der Waals surface area (Å²) >= 11 is 6.88. The fraction of sp³-hybridized carbons (Fsp3) is 0.292. The number of fused-ring (bicyclic) bond motifs is 2. The maximum Gasteiger partial charge on any atom is 0.169 e. The molecule has 2 aromatic carbocycles. The molecular formula is C24H24Br2N2O. The van der Waals surface area contributed by atoms with Gasteiger partial charge < -0.3 is 9.97 Å². The summed E-state index contributed by atoms with van der Waals surface area (Å²) in [5.41, 5.74) is 3.19. The average Bonchev–Trinajstić information content (AvgIpc) is 3.09. The lowest BCUT2D eigenvalue weighted by atomic mass is 10.0. The number of hydrogen-bond acceptors (Lipinski definition) is 1. The van der Waals surface area contributed by atoms with E-state index in [0.29, 0.717) is 0 Å². The van der Waals surface area contributed by atoms with Crippen LogP contribution < -0.4 is 0 Å². The van der Waals surface area contributed by atoms with Gasteiger partial charge >= 0.3 is 0 Å². The van der Waals surface area contributed by atoms with Crippen LogP contribution in [0.15, 0.2) is 63.8 Å². The summed E-state index contributed by atoms with van der Waals surface area (Å²) in [5.74, 6) is 0.373. The highest BCUT2D eigenvalue weighted by atomic mass is 79.9. The first-order valence-corrected chi connectivity index (χ1v) is 11.2. The first kappa shape index (κ1) is 20.4. The van der Waals surface area contributed by atoms with Crippen LogP contribution in [0.1, 0.15) is 38.1 Å². The van der Waals surface area contributed by atoms with E-state index in [4.69, 9.17) is 0 Å². The van der Waals surface area contributed by atoms with Crippen LogP contribution in [0.3, 0.4) is 0 Å². The van der Waals surface area contributed by atoms with E-state index in [9.17, 15) is 4.79 Å². The van der Waals surface area contributed by atoms with Crippen molar-refractivity contribution in [3.05, 3.63) is 69.4 Å². The number of nitrogens with one attached hydrogen (secondary N) is 2. The van der Waals surface area contributed by atoms with Gasteiger partial charge in [-0.05, 0) is 53.3 Å². The second kappa shape index (κ2) is 7.13. The van der Waals surface area contributed by atoms with E-state index in [-0.39, 0.29) is 22.5 Å².